The lowest BCUT2D eigenvalue weighted by Gasteiger charge is -2.38. The molecule has 1 fully saturated rings. The lowest BCUT2D eigenvalue weighted by atomic mass is 9.81. The van der Waals surface area contributed by atoms with E-state index in [4.69, 9.17) is 21.3 Å². The lowest BCUT2D eigenvalue weighted by molar-refractivity contribution is -0.0499. The van der Waals surface area contributed by atoms with Gasteiger partial charge in [-0.1, -0.05) is 56.6 Å². The van der Waals surface area contributed by atoms with Crippen LogP contribution in [0, 0.1) is 5.92 Å². The van der Waals surface area contributed by atoms with Crippen molar-refractivity contribution in [1.29, 1.82) is 0 Å². The molecule has 136 valence electrons. The van der Waals surface area contributed by atoms with Crippen molar-refractivity contribution in [3.8, 4) is 0 Å². The van der Waals surface area contributed by atoms with Crippen molar-refractivity contribution in [3.63, 3.8) is 0 Å². The van der Waals surface area contributed by atoms with Crippen molar-refractivity contribution in [2.45, 2.75) is 38.5 Å². The van der Waals surface area contributed by atoms with Crippen molar-refractivity contribution >= 4 is 22.6 Å². The second kappa shape index (κ2) is 6.71. The molecule has 1 N–H and O–H groups in total. The summed E-state index contributed by atoms with van der Waals surface area (Å²) in [7, 11) is 0. The molecule has 26 heavy (non-hydrogen) atoms. The van der Waals surface area contributed by atoms with Crippen molar-refractivity contribution in [3.05, 3.63) is 64.4 Å². The Morgan fingerprint density at radius 1 is 1.19 bits per heavy atom. The molecule has 1 saturated heterocycles. The highest BCUT2D eigenvalue weighted by Gasteiger charge is 2.35. The van der Waals surface area contributed by atoms with Gasteiger partial charge in [-0.2, -0.15) is 0 Å². The molecule has 0 saturated carbocycles. The third kappa shape index (κ3) is 3.15. The number of aromatic nitrogens is 2. The van der Waals surface area contributed by atoms with Gasteiger partial charge in [-0.15, -0.1) is 0 Å². The highest BCUT2D eigenvalue weighted by molar-refractivity contribution is 6.31. The molecular weight excluding hydrogens is 344 g/mol. The first-order valence-corrected chi connectivity index (χ1v) is 9.65. The maximum Gasteiger partial charge on any atom is 0.107 e. The van der Waals surface area contributed by atoms with Crippen LogP contribution < -0.4 is 0 Å². The van der Waals surface area contributed by atoms with Gasteiger partial charge >= 0.3 is 0 Å². The van der Waals surface area contributed by atoms with Gasteiger partial charge in [0, 0.05) is 16.9 Å². The molecule has 0 bridgehead atoms. The quantitative estimate of drug-likeness (QED) is 0.646. The zero-order valence-electron chi connectivity index (χ0n) is 15.6. The number of nitrogens with zero attached hydrogens (tertiary/aromatic N) is 1. The molecule has 2 heterocycles. The molecule has 0 aliphatic carbocycles. The Bertz CT molecular complexity index is 927. The number of benzene rings is 2. The molecule has 0 amide bonds. The molecule has 0 radical (unpaired) electrons. The van der Waals surface area contributed by atoms with Gasteiger partial charge in [0.15, 0.2) is 0 Å². The zero-order valence-corrected chi connectivity index (χ0v) is 16.3. The summed E-state index contributed by atoms with van der Waals surface area (Å²) in [6.45, 7) is 8.32. The van der Waals surface area contributed by atoms with Gasteiger partial charge in [0.1, 0.15) is 5.82 Å². The normalized spacial score (nSPS) is 17.4. The van der Waals surface area contributed by atoms with Crippen molar-refractivity contribution < 1.29 is 4.74 Å². The van der Waals surface area contributed by atoms with E-state index in [-0.39, 0.29) is 5.41 Å². The van der Waals surface area contributed by atoms with Crippen LogP contribution >= 0.6 is 11.6 Å². The van der Waals surface area contributed by atoms with E-state index in [0.29, 0.717) is 11.8 Å². The summed E-state index contributed by atoms with van der Waals surface area (Å²) in [6.07, 6.45) is 0.853. The van der Waals surface area contributed by atoms with Crippen LogP contribution in [0.5, 0.6) is 0 Å². The van der Waals surface area contributed by atoms with E-state index in [0.717, 1.165) is 41.5 Å². The van der Waals surface area contributed by atoms with Crippen LogP contribution in [0.1, 0.15) is 43.6 Å². The van der Waals surface area contributed by atoms with E-state index >= 15 is 0 Å². The third-order valence-corrected chi connectivity index (χ3v) is 5.94. The third-order valence-electron chi connectivity index (χ3n) is 5.59. The van der Waals surface area contributed by atoms with E-state index in [1.807, 2.05) is 12.1 Å². The Morgan fingerprint density at radius 3 is 2.62 bits per heavy atom. The SMILES string of the molecule is CC(C)C(Cc1nc2ccc(C3(C)COC3)cc2[nH]1)c1ccccc1Cl. The molecule has 4 heteroatoms. The Balaban J connectivity index is 1.64. The van der Waals surface area contributed by atoms with Crippen molar-refractivity contribution in [2.75, 3.05) is 13.2 Å². The number of ether oxygens (including phenoxy) is 1. The summed E-state index contributed by atoms with van der Waals surface area (Å²) in [6, 6.07) is 14.7. The number of fused-ring (bicyclic) bond motifs is 1. The highest BCUT2D eigenvalue weighted by atomic mass is 35.5. The van der Waals surface area contributed by atoms with Crippen LogP contribution in [0.2, 0.25) is 5.02 Å². The summed E-state index contributed by atoms with van der Waals surface area (Å²) < 4.78 is 5.41. The Labute approximate surface area is 159 Å². The second-order valence-corrected chi connectivity index (χ2v) is 8.45. The fraction of sp³-hybridized carbons (Fsp3) is 0.409. The Morgan fingerprint density at radius 2 is 1.96 bits per heavy atom. The number of hydrogen-bond acceptors (Lipinski definition) is 2. The predicted octanol–water partition coefficient (Wildman–Crippen LogP) is 5.49. The number of halogens is 1. The van der Waals surface area contributed by atoms with Gasteiger partial charge < -0.3 is 9.72 Å². The van der Waals surface area contributed by atoms with Gasteiger partial charge in [-0.3, -0.25) is 0 Å². The van der Waals surface area contributed by atoms with Crippen LogP contribution in [0.25, 0.3) is 11.0 Å². The molecular formula is C22H25ClN2O. The first-order chi connectivity index (χ1) is 12.5. The van der Waals surface area contributed by atoms with E-state index < -0.39 is 0 Å². The number of rotatable bonds is 5. The summed E-state index contributed by atoms with van der Waals surface area (Å²) >= 11 is 6.46. The molecule has 0 spiro atoms. The smallest absolute Gasteiger partial charge is 0.107 e. The Hall–Kier alpha value is -1.84. The minimum atomic E-state index is 0.136. The minimum absolute atomic E-state index is 0.136. The molecule has 1 aliphatic heterocycles. The van der Waals surface area contributed by atoms with Gasteiger partial charge in [0.05, 0.1) is 24.2 Å². The molecule has 1 aromatic heterocycles. The first kappa shape index (κ1) is 17.6. The van der Waals surface area contributed by atoms with E-state index in [2.05, 4.69) is 56.1 Å². The number of H-pyrrole nitrogens is 1. The number of imidazole rings is 1. The molecule has 1 atom stereocenters. The van der Waals surface area contributed by atoms with Crippen LogP contribution in [-0.4, -0.2) is 23.2 Å². The van der Waals surface area contributed by atoms with Gasteiger partial charge in [-0.05, 0) is 41.2 Å². The summed E-state index contributed by atoms with van der Waals surface area (Å²) in [5, 5.41) is 0.836. The highest BCUT2D eigenvalue weighted by Crippen LogP contribution is 2.35. The molecule has 1 aliphatic rings. The topological polar surface area (TPSA) is 37.9 Å². The fourth-order valence-corrected chi connectivity index (χ4v) is 4.07. The van der Waals surface area contributed by atoms with Gasteiger partial charge in [-0.25, -0.2) is 4.98 Å². The summed E-state index contributed by atoms with van der Waals surface area (Å²) in [4.78, 5) is 8.36. The number of hydrogen-bond donors (Lipinski definition) is 1. The molecule has 3 aromatic rings. The first-order valence-electron chi connectivity index (χ1n) is 9.27. The number of aromatic amines is 1. The minimum Gasteiger partial charge on any atom is -0.379 e. The van der Waals surface area contributed by atoms with Crippen LogP contribution in [0.4, 0.5) is 0 Å². The lowest BCUT2D eigenvalue weighted by Crippen LogP contribution is -2.43. The molecule has 4 rings (SSSR count). The number of nitrogens with one attached hydrogen (secondary N) is 1. The van der Waals surface area contributed by atoms with Crippen molar-refractivity contribution in [2.24, 2.45) is 5.92 Å². The molecule has 2 aromatic carbocycles. The van der Waals surface area contributed by atoms with Crippen LogP contribution in [0.15, 0.2) is 42.5 Å². The Kier molecular flexibility index (Phi) is 4.54. The summed E-state index contributed by atoms with van der Waals surface area (Å²) in [5.41, 5.74) is 4.78. The predicted molar refractivity (Wildman–Crippen MR) is 107 cm³/mol. The molecule has 1 unspecified atom stereocenters. The van der Waals surface area contributed by atoms with Crippen LogP contribution in [-0.2, 0) is 16.6 Å². The largest absolute Gasteiger partial charge is 0.379 e. The second-order valence-electron chi connectivity index (χ2n) is 8.05. The van der Waals surface area contributed by atoms with Gasteiger partial charge in [0.25, 0.3) is 0 Å². The average Bonchev–Trinajstić information content (AvgIpc) is 3.00. The zero-order chi connectivity index (χ0) is 18.3. The van der Waals surface area contributed by atoms with Gasteiger partial charge in [0.2, 0.25) is 0 Å². The maximum absolute atomic E-state index is 6.46. The standard InChI is InChI=1S/C22H25ClN2O/c1-14(2)17(16-6-4-5-7-18(16)23)11-21-24-19-9-8-15(10-20(19)25-21)22(3)12-26-13-22/h4-10,14,17H,11-13H2,1-3H3,(H,24,25). The summed E-state index contributed by atoms with van der Waals surface area (Å²) in [5.74, 6) is 1.83. The van der Waals surface area contributed by atoms with E-state index in [1.54, 1.807) is 0 Å². The van der Waals surface area contributed by atoms with E-state index in [1.165, 1.54) is 11.1 Å². The fourth-order valence-electron chi connectivity index (χ4n) is 3.80. The van der Waals surface area contributed by atoms with E-state index in [9.17, 15) is 0 Å². The monoisotopic (exact) mass is 368 g/mol. The average molecular weight is 369 g/mol. The van der Waals surface area contributed by atoms with Crippen LogP contribution in [0.3, 0.4) is 0 Å². The maximum atomic E-state index is 6.46. The van der Waals surface area contributed by atoms with Crippen molar-refractivity contribution in [1.82, 2.24) is 9.97 Å². The molecule has 3 nitrogen and oxygen atoms in total.